The van der Waals surface area contributed by atoms with Crippen molar-refractivity contribution in [1.29, 1.82) is 0 Å². The summed E-state index contributed by atoms with van der Waals surface area (Å²) >= 11 is 6.33. The number of hydrogen-bond acceptors (Lipinski definition) is 3. The van der Waals surface area contributed by atoms with E-state index in [1.807, 2.05) is 34.9 Å². The summed E-state index contributed by atoms with van der Waals surface area (Å²) in [5.74, 6) is 0.364. The zero-order valence-electron chi connectivity index (χ0n) is 14.0. The standard InChI is InChI=1S/C19H20ClN3O2/c1-2-3-11-17-21-16-10-6-8-14(19(24)22-25)18(16)23(17)12-13-7-4-5-9-15(13)20/h4-10,25H,2-3,11-12H2,1H3,(H,22,24). The van der Waals surface area contributed by atoms with Gasteiger partial charge in [-0.15, -0.1) is 0 Å². The van der Waals surface area contributed by atoms with Crippen molar-refractivity contribution in [2.75, 3.05) is 0 Å². The molecule has 2 aromatic carbocycles. The number of rotatable bonds is 6. The Hall–Kier alpha value is -2.37. The third kappa shape index (κ3) is 3.52. The summed E-state index contributed by atoms with van der Waals surface area (Å²) in [6.07, 6.45) is 2.88. The number of amides is 1. The summed E-state index contributed by atoms with van der Waals surface area (Å²) in [6, 6.07) is 13.0. The van der Waals surface area contributed by atoms with Crippen LogP contribution in [0.25, 0.3) is 11.0 Å². The molecule has 3 rings (SSSR count). The average molecular weight is 358 g/mol. The van der Waals surface area contributed by atoms with E-state index in [-0.39, 0.29) is 0 Å². The zero-order chi connectivity index (χ0) is 17.8. The van der Waals surface area contributed by atoms with Crippen molar-refractivity contribution in [3.63, 3.8) is 0 Å². The van der Waals surface area contributed by atoms with Gasteiger partial charge in [0.15, 0.2) is 0 Å². The van der Waals surface area contributed by atoms with Crippen LogP contribution in [0.3, 0.4) is 0 Å². The van der Waals surface area contributed by atoms with Crippen LogP contribution in [0.4, 0.5) is 0 Å². The molecule has 0 aliphatic rings. The number of carbonyl (C=O) groups is 1. The molecule has 5 nitrogen and oxygen atoms in total. The molecule has 0 fully saturated rings. The number of halogens is 1. The largest absolute Gasteiger partial charge is 0.323 e. The van der Waals surface area contributed by atoms with Crippen molar-refractivity contribution in [1.82, 2.24) is 15.0 Å². The molecule has 0 aliphatic heterocycles. The molecule has 1 aromatic heterocycles. The highest BCUT2D eigenvalue weighted by Gasteiger charge is 2.18. The molecule has 3 aromatic rings. The van der Waals surface area contributed by atoms with Crippen LogP contribution in [0.5, 0.6) is 0 Å². The van der Waals surface area contributed by atoms with Crippen molar-refractivity contribution in [2.45, 2.75) is 32.7 Å². The summed E-state index contributed by atoms with van der Waals surface area (Å²) in [6.45, 7) is 2.65. The number of hydroxylamine groups is 1. The first-order chi connectivity index (χ1) is 12.2. The molecule has 0 unspecified atom stereocenters. The highest BCUT2D eigenvalue weighted by atomic mass is 35.5. The van der Waals surface area contributed by atoms with Crippen molar-refractivity contribution in [2.24, 2.45) is 0 Å². The number of fused-ring (bicyclic) bond motifs is 1. The molecule has 2 N–H and O–H groups in total. The van der Waals surface area contributed by atoms with Crippen LogP contribution >= 0.6 is 11.6 Å². The van der Waals surface area contributed by atoms with Gasteiger partial charge in [0.1, 0.15) is 5.82 Å². The monoisotopic (exact) mass is 357 g/mol. The first-order valence-electron chi connectivity index (χ1n) is 8.31. The fourth-order valence-electron chi connectivity index (χ4n) is 2.97. The number of nitrogens with one attached hydrogen (secondary N) is 1. The minimum Gasteiger partial charge on any atom is -0.323 e. The van der Waals surface area contributed by atoms with Crippen LogP contribution in [0.1, 0.15) is 41.5 Å². The van der Waals surface area contributed by atoms with Gasteiger partial charge in [0, 0.05) is 11.4 Å². The Morgan fingerprint density at radius 1 is 1.24 bits per heavy atom. The van der Waals surface area contributed by atoms with Gasteiger partial charge >= 0.3 is 0 Å². The van der Waals surface area contributed by atoms with Crippen LogP contribution in [0.2, 0.25) is 5.02 Å². The van der Waals surface area contributed by atoms with E-state index < -0.39 is 5.91 Å². The van der Waals surface area contributed by atoms with E-state index in [2.05, 4.69) is 6.92 Å². The summed E-state index contributed by atoms with van der Waals surface area (Å²) in [5.41, 5.74) is 4.52. The number of para-hydroxylation sites is 1. The van der Waals surface area contributed by atoms with Crippen LogP contribution in [-0.2, 0) is 13.0 Å². The average Bonchev–Trinajstić information content (AvgIpc) is 2.98. The molecule has 0 atom stereocenters. The van der Waals surface area contributed by atoms with Gasteiger partial charge in [-0.1, -0.05) is 49.2 Å². The van der Waals surface area contributed by atoms with E-state index in [1.54, 1.807) is 17.6 Å². The summed E-state index contributed by atoms with van der Waals surface area (Å²) < 4.78 is 2.02. The molecule has 25 heavy (non-hydrogen) atoms. The van der Waals surface area contributed by atoms with Crippen LogP contribution < -0.4 is 5.48 Å². The van der Waals surface area contributed by atoms with Crippen LogP contribution in [0.15, 0.2) is 42.5 Å². The van der Waals surface area contributed by atoms with E-state index in [0.717, 1.165) is 36.2 Å². The molecule has 0 radical (unpaired) electrons. The van der Waals surface area contributed by atoms with E-state index in [4.69, 9.17) is 21.8 Å². The lowest BCUT2D eigenvalue weighted by Gasteiger charge is -2.12. The smallest absolute Gasteiger partial charge is 0.276 e. The van der Waals surface area contributed by atoms with Crippen molar-refractivity contribution in [3.05, 3.63) is 64.4 Å². The third-order valence-electron chi connectivity index (χ3n) is 4.23. The minimum absolute atomic E-state index is 0.391. The van der Waals surface area contributed by atoms with E-state index in [1.165, 1.54) is 0 Å². The lowest BCUT2D eigenvalue weighted by Crippen LogP contribution is -2.20. The van der Waals surface area contributed by atoms with Gasteiger partial charge in [-0.05, 0) is 30.2 Å². The quantitative estimate of drug-likeness (QED) is 0.513. The maximum Gasteiger partial charge on any atom is 0.276 e. The third-order valence-corrected chi connectivity index (χ3v) is 4.60. The number of imidazole rings is 1. The number of aromatic nitrogens is 2. The molecule has 130 valence electrons. The fraction of sp³-hybridized carbons (Fsp3) is 0.263. The molecule has 0 saturated carbocycles. The Morgan fingerprint density at radius 2 is 2.04 bits per heavy atom. The molecule has 0 saturated heterocycles. The summed E-state index contributed by atoms with van der Waals surface area (Å²) in [7, 11) is 0. The highest BCUT2D eigenvalue weighted by molar-refractivity contribution is 6.31. The van der Waals surface area contributed by atoms with Gasteiger partial charge in [0.2, 0.25) is 0 Å². The maximum absolute atomic E-state index is 12.1. The second-order valence-corrected chi connectivity index (χ2v) is 6.33. The van der Waals surface area contributed by atoms with E-state index in [0.29, 0.717) is 22.6 Å². The maximum atomic E-state index is 12.1. The Balaban J connectivity index is 2.18. The number of carbonyl (C=O) groups excluding carboxylic acids is 1. The minimum atomic E-state index is -0.548. The molecule has 0 aliphatic carbocycles. The van der Waals surface area contributed by atoms with Gasteiger partial charge in [-0.2, -0.15) is 0 Å². The number of benzene rings is 2. The molecule has 1 amide bonds. The lowest BCUT2D eigenvalue weighted by molar-refractivity contribution is 0.0708. The first-order valence-corrected chi connectivity index (χ1v) is 8.69. The molecule has 1 heterocycles. The summed E-state index contributed by atoms with van der Waals surface area (Å²) in [5, 5.41) is 9.75. The Labute approximate surface area is 151 Å². The predicted molar refractivity (Wildman–Crippen MR) is 98.2 cm³/mol. The normalized spacial score (nSPS) is 11.0. The Bertz CT molecular complexity index is 905. The van der Waals surface area contributed by atoms with Gasteiger partial charge in [-0.3, -0.25) is 10.0 Å². The summed E-state index contributed by atoms with van der Waals surface area (Å²) in [4.78, 5) is 16.8. The van der Waals surface area contributed by atoms with Gasteiger partial charge in [0.25, 0.3) is 5.91 Å². The predicted octanol–water partition coefficient (Wildman–Crippen LogP) is 4.20. The number of unbranched alkanes of at least 4 members (excludes halogenated alkanes) is 1. The van der Waals surface area contributed by atoms with Crippen molar-refractivity contribution < 1.29 is 10.0 Å². The SMILES string of the molecule is CCCCc1nc2cccc(C(=O)NO)c2n1Cc1ccccc1Cl. The highest BCUT2D eigenvalue weighted by Crippen LogP contribution is 2.25. The van der Waals surface area contributed by atoms with Crippen molar-refractivity contribution >= 4 is 28.5 Å². The number of hydrogen-bond donors (Lipinski definition) is 2. The fourth-order valence-corrected chi connectivity index (χ4v) is 3.17. The molecular weight excluding hydrogens is 338 g/mol. The van der Waals surface area contributed by atoms with E-state index in [9.17, 15) is 4.79 Å². The van der Waals surface area contributed by atoms with Crippen molar-refractivity contribution in [3.8, 4) is 0 Å². The topological polar surface area (TPSA) is 67.2 Å². The molecule has 0 bridgehead atoms. The van der Waals surface area contributed by atoms with Crippen LogP contribution in [0, 0.1) is 0 Å². The molecule has 0 spiro atoms. The van der Waals surface area contributed by atoms with Gasteiger partial charge < -0.3 is 4.57 Å². The first kappa shape index (κ1) is 17.5. The Morgan fingerprint density at radius 3 is 2.76 bits per heavy atom. The lowest BCUT2D eigenvalue weighted by atomic mass is 10.1. The molecule has 6 heteroatoms. The molecular formula is C19H20ClN3O2. The second kappa shape index (κ2) is 7.68. The number of aryl methyl sites for hydroxylation is 1. The number of nitrogens with zero attached hydrogens (tertiary/aromatic N) is 2. The van der Waals surface area contributed by atoms with Gasteiger partial charge in [-0.25, -0.2) is 10.5 Å². The van der Waals surface area contributed by atoms with Gasteiger partial charge in [0.05, 0.1) is 23.1 Å². The zero-order valence-corrected chi connectivity index (χ0v) is 14.8. The Kier molecular flexibility index (Phi) is 5.36. The second-order valence-electron chi connectivity index (χ2n) is 5.92. The van der Waals surface area contributed by atoms with Crippen LogP contribution in [-0.4, -0.2) is 20.7 Å². The van der Waals surface area contributed by atoms with E-state index >= 15 is 0 Å².